The third-order valence-corrected chi connectivity index (χ3v) is 6.10. The fraction of sp³-hybridized carbons (Fsp3) is 1.00. The van der Waals surface area contributed by atoms with E-state index in [1.54, 1.807) is 0 Å². The second-order valence-corrected chi connectivity index (χ2v) is 8.36. The molecule has 0 amide bonds. The number of nitrogens with zero attached hydrogens (tertiary/aromatic N) is 1. The van der Waals surface area contributed by atoms with E-state index in [1.807, 2.05) is 0 Å². The number of hydrogen-bond donors (Lipinski definition) is 1. The lowest BCUT2D eigenvalue weighted by Gasteiger charge is -2.31. The molecule has 2 aliphatic heterocycles. The number of hydrogen-bond acceptors (Lipinski definition) is 2. The van der Waals surface area contributed by atoms with Crippen LogP contribution in [-0.4, -0.2) is 37.1 Å². The van der Waals surface area contributed by atoms with Gasteiger partial charge >= 0.3 is 0 Å². The number of rotatable bonds is 1. The van der Waals surface area contributed by atoms with Gasteiger partial charge in [-0.1, -0.05) is 27.2 Å². The maximum atomic E-state index is 3.56. The van der Waals surface area contributed by atoms with Crippen LogP contribution < -0.4 is 5.32 Å². The average Bonchev–Trinajstić information content (AvgIpc) is 2.80. The predicted molar refractivity (Wildman–Crippen MR) is 81.2 cm³/mol. The lowest BCUT2D eigenvalue weighted by molar-refractivity contribution is 0.188. The minimum atomic E-state index is 0.514. The summed E-state index contributed by atoms with van der Waals surface area (Å²) in [5, 5.41) is 3.56. The van der Waals surface area contributed by atoms with E-state index in [0.717, 1.165) is 23.8 Å². The molecule has 0 radical (unpaired) electrons. The highest BCUT2D eigenvalue weighted by Gasteiger charge is 2.39. The largest absolute Gasteiger partial charge is 0.316 e. The summed E-state index contributed by atoms with van der Waals surface area (Å²) in [5.41, 5.74) is 0.514. The average molecular weight is 264 g/mol. The topological polar surface area (TPSA) is 15.3 Å². The summed E-state index contributed by atoms with van der Waals surface area (Å²) >= 11 is 0. The van der Waals surface area contributed by atoms with Crippen LogP contribution in [0.25, 0.3) is 0 Å². The molecule has 1 aliphatic carbocycles. The van der Waals surface area contributed by atoms with Crippen LogP contribution in [0.1, 0.15) is 52.9 Å². The smallest absolute Gasteiger partial charge is 0.00956 e. The third-order valence-electron chi connectivity index (χ3n) is 6.10. The van der Waals surface area contributed by atoms with Crippen molar-refractivity contribution < 1.29 is 0 Å². The Labute approximate surface area is 119 Å². The zero-order chi connectivity index (χ0) is 13.5. The van der Waals surface area contributed by atoms with E-state index in [0.29, 0.717) is 5.41 Å². The van der Waals surface area contributed by atoms with Gasteiger partial charge in [-0.15, -0.1) is 0 Å². The highest BCUT2D eigenvalue weighted by molar-refractivity contribution is 4.94. The lowest BCUT2D eigenvalue weighted by Crippen LogP contribution is -2.35. The molecule has 4 atom stereocenters. The molecule has 2 unspecified atom stereocenters. The van der Waals surface area contributed by atoms with Gasteiger partial charge in [-0.05, 0) is 61.9 Å². The highest BCUT2D eigenvalue weighted by atomic mass is 15.2. The van der Waals surface area contributed by atoms with Crippen molar-refractivity contribution in [1.82, 2.24) is 10.2 Å². The van der Waals surface area contributed by atoms with Gasteiger partial charge in [0.15, 0.2) is 0 Å². The van der Waals surface area contributed by atoms with Gasteiger partial charge in [0.05, 0.1) is 0 Å². The summed E-state index contributed by atoms with van der Waals surface area (Å²) in [6.07, 6.45) is 7.28. The Morgan fingerprint density at radius 2 is 1.58 bits per heavy atom. The van der Waals surface area contributed by atoms with E-state index in [-0.39, 0.29) is 0 Å². The summed E-state index contributed by atoms with van der Waals surface area (Å²) in [7, 11) is 0. The zero-order valence-corrected chi connectivity index (χ0v) is 13.1. The van der Waals surface area contributed by atoms with E-state index in [9.17, 15) is 0 Å². The third kappa shape index (κ3) is 3.00. The predicted octanol–water partition coefficient (Wildman–Crippen LogP) is 3.13. The summed E-state index contributed by atoms with van der Waals surface area (Å²) in [6.45, 7) is 12.6. The molecular weight excluding hydrogens is 232 g/mol. The molecule has 2 heterocycles. The van der Waals surface area contributed by atoms with Gasteiger partial charge in [0.1, 0.15) is 0 Å². The molecule has 0 aromatic carbocycles. The molecule has 2 nitrogen and oxygen atoms in total. The monoisotopic (exact) mass is 264 g/mol. The van der Waals surface area contributed by atoms with Crippen LogP contribution in [-0.2, 0) is 0 Å². The van der Waals surface area contributed by atoms with Gasteiger partial charge < -0.3 is 5.32 Å². The normalized spacial score (nSPS) is 41.2. The molecule has 0 spiro atoms. The molecule has 1 N–H and O–H groups in total. The molecular formula is C17H32N2. The first kappa shape index (κ1) is 13.9. The van der Waals surface area contributed by atoms with E-state index >= 15 is 0 Å². The Kier molecular flexibility index (Phi) is 3.92. The van der Waals surface area contributed by atoms with E-state index in [2.05, 4.69) is 31.0 Å². The minimum absolute atomic E-state index is 0.514. The fourth-order valence-electron chi connectivity index (χ4n) is 4.70. The SMILES string of the molecule is CC(C)(C)C1CCCC(N2C[C@H]3CNC[C@H]3C2)CC1. The highest BCUT2D eigenvalue weighted by Crippen LogP contribution is 2.39. The van der Waals surface area contributed by atoms with Crippen LogP contribution in [0, 0.1) is 23.2 Å². The van der Waals surface area contributed by atoms with Crippen molar-refractivity contribution in [1.29, 1.82) is 0 Å². The van der Waals surface area contributed by atoms with Crippen molar-refractivity contribution in [2.24, 2.45) is 23.2 Å². The summed E-state index contributed by atoms with van der Waals surface area (Å²) in [6, 6.07) is 0.901. The van der Waals surface area contributed by atoms with Gasteiger partial charge in [-0.25, -0.2) is 0 Å². The maximum Gasteiger partial charge on any atom is 0.00956 e. The molecule has 110 valence electrons. The number of likely N-dealkylation sites (tertiary alicyclic amines) is 1. The molecule has 19 heavy (non-hydrogen) atoms. The molecule has 1 saturated carbocycles. The van der Waals surface area contributed by atoms with Crippen LogP contribution >= 0.6 is 0 Å². The molecule has 3 fully saturated rings. The van der Waals surface area contributed by atoms with Gasteiger partial charge in [-0.2, -0.15) is 0 Å². The number of fused-ring (bicyclic) bond motifs is 1. The van der Waals surface area contributed by atoms with Crippen molar-refractivity contribution >= 4 is 0 Å². The van der Waals surface area contributed by atoms with Crippen LogP contribution in [0.5, 0.6) is 0 Å². The van der Waals surface area contributed by atoms with Crippen molar-refractivity contribution in [3.8, 4) is 0 Å². The second-order valence-electron chi connectivity index (χ2n) is 8.36. The van der Waals surface area contributed by atoms with E-state index in [1.165, 1.54) is 58.3 Å². The first-order valence-corrected chi connectivity index (χ1v) is 8.49. The summed E-state index contributed by atoms with van der Waals surface area (Å²) in [5.74, 6) is 2.87. The Morgan fingerprint density at radius 1 is 0.895 bits per heavy atom. The van der Waals surface area contributed by atoms with Crippen LogP contribution in [0.15, 0.2) is 0 Å². The van der Waals surface area contributed by atoms with Crippen molar-refractivity contribution in [3.63, 3.8) is 0 Å². The van der Waals surface area contributed by atoms with Gasteiger partial charge in [0, 0.05) is 19.1 Å². The molecule has 2 saturated heterocycles. The molecule has 0 aromatic heterocycles. The van der Waals surface area contributed by atoms with E-state index < -0.39 is 0 Å². The molecule has 0 aromatic rings. The van der Waals surface area contributed by atoms with Crippen LogP contribution in [0.3, 0.4) is 0 Å². The minimum Gasteiger partial charge on any atom is -0.316 e. The molecule has 3 rings (SSSR count). The molecule has 0 bridgehead atoms. The Bertz CT molecular complexity index is 295. The standard InChI is InChI=1S/C17H32N2/c1-17(2,3)15-5-4-6-16(8-7-15)19-11-13-9-18-10-14(13)12-19/h13-16,18H,4-12H2,1-3H3/t13-,14+,15?,16?. The van der Waals surface area contributed by atoms with Crippen molar-refractivity contribution in [3.05, 3.63) is 0 Å². The van der Waals surface area contributed by atoms with Crippen LogP contribution in [0.2, 0.25) is 0 Å². The zero-order valence-electron chi connectivity index (χ0n) is 13.1. The van der Waals surface area contributed by atoms with Crippen molar-refractivity contribution in [2.45, 2.75) is 58.9 Å². The lowest BCUT2D eigenvalue weighted by atomic mass is 9.76. The van der Waals surface area contributed by atoms with Crippen molar-refractivity contribution in [2.75, 3.05) is 26.2 Å². The summed E-state index contributed by atoms with van der Waals surface area (Å²) < 4.78 is 0. The Morgan fingerprint density at radius 3 is 2.21 bits per heavy atom. The van der Waals surface area contributed by atoms with Gasteiger partial charge in [0.25, 0.3) is 0 Å². The maximum absolute atomic E-state index is 3.56. The summed E-state index contributed by atoms with van der Waals surface area (Å²) in [4.78, 5) is 2.85. The molecule has 2 heteroatoms. The number of nitrogens with one attached hydrogen (secondary N) is 1. The first-order chi connectivity index (χ1) is 9.04. The molecule has 3 aliphatic rings. The Balaban J connectivity index is 1.56. The van der Waals surface area contributed by atoms with Crippen LogP contribution in [0.4, 0.5) is 0 Å². The Hall–Kier alpha value is -0.0800. The van der Waals surface area contributed by atoms with E-state index in [4.69, 9.17) is 0 Å². The fourth-order valence-corrected chi connectivity index (χ4v) is 4.70. The second kappa shape index (κ2) is 5.37. The quantitative estimate of drug-likeness (QED) is 0.732. The van der Waals surface area contributed by atoms with Gasteiger partial charge in [0.2, 0.25) is 0 Å². The first-order valence-electron chi connectivity index (χ1n) is 8.49. The van der Waals surface area contributed by atoms with Gasteiger partial charge in [-0.3, -0.25) is 4.90 Å².